The maximum Gasteiger partial charge on any atom is 0.451 e. The van der Waals surface area contributed by atoms with Crippen LogP contribution in [0.15, 0.2) is 0 Å². The van der Waals surface area contributed by atoms with E-state index in [1.165, 1.54) is 0 Å². The number of aliphatic hydroxyl groups excluding tert-OH is 2. The van der Waals surface area contributed by atoms with Crippen LogP contribution >= 0.6 is 0 Å². The summed E-state index contributed by atoms with van der Waals surface area (Å²) in [5.74, 6) is -1.04. The lowest BCUT2D eigenvalue weighted by Gasteiger charge is -2.06. The lowest BCUT2D eigenvalue weighted by atomic mass is 10.4. The summed E-state index contributed by atoms with van der Waals surface area (Å²) in [6.45, 7) is -0.412. The van der Waals surface area contributed by atoms with Gasteiger partial charge in [0.25, 0.3) is 0 Å². The number of carbonyl (C=O) groups excluding carboxylic acids is 1. The Bertz CT molecular complexity index is 256. The van der Waals surface area contributed by atoms with E-state index in [1.807, 2.05) is 0 Å². The first-order chi connectivity index (χ1) is 5.87. The molecule has 2 N–H and O–H groups in total. The Morgan fingerprint density at radius 1 is 1.54 bits per heavy atom. The number of aliphatic hydroxyl groups is 2. The molecule has 0 heterocycles. The Kier molecular flexibility index (Phi) is 4.85. The zero-order valence-corrected chi connectivity index (χ0v) is 7.65. The van der Waals surface area contributed by atoms with Crippen molar-refractivity contribution in [3.8, 4) is 0 Å². The maximum absolute atomic E-state index is 10.6. The normalized spacial score (nSPS) is 13.8. The van der Waals surface area contributed by atoms with Gasteiger partial charge in [-0.1, -0.05) is 0 Å². The Balaban J connectivity index is 3.97. The van der Waals surface area contributed by atoms with Gasteiger partial charge in [0.15, 0.2) is 0 Å². The first-order valence-electron chi connectivity index (χ1n) is 3.25. The highest BCUT2D eigenvalue weighted by atomic mass is 32.3. The number of rotatable bonds is 5. The molecule has 0 fully saturated rings. The van der Waals surface area contributed by atoms with Crippen LogP contribution in [0.4, 0.5) is 0 Å². The smallest absolute Gasteiger partial charge is 0.394 e. The van der Waals surface area contributed by atoms with Gasteiger partial charge in [0.2, 0.25) is 0 Å². The highest BCUT2D eigenvalue weighted by Crippen LogP contribution is 1.97. The van der Waals surface area contributed by atoms with Crippen LogP contribution in [-0.4, -0.2) is 43.9 Å². The first-order valence-corrected chi connectivity index (χ1v) is 4.59. The number of carbonyl (C=O) groups is 1. The molecular weight excluding hydrogens is 204 g/mol. The largest absolute Gasteiger partial charge is 0.451 e. The second-order valence-corrected chi connectivity index (χ2v) is 3.32. The average molecular weight is 214 g/mol. The molecule has 13 heavy (non-hydrogen) atoms. The molecule has 0 rings (SSSR count). The fraction of sp³-hybridized carbons (Fsp3) is 0.800. The third-order valence-electron chi connectivity index (χ3n) is 0.835. The van der Waals surface area contributed by atoms with Gasteiger partial charge in [0, 0.05) is 6.92 Å². The molecule has 1 unspecified atom stereocenters. The van der Waals surface area contributed by atoms with Gasteiger partial charge in [0.05, 0.1) is 13.2 Å². The molecule has 0 spiro atoms. The van der Waals surface area contributed by atoms with Crippen molar-refractivity contribution in [2.24, 2.45) is 0 Å². The highest BCUT2D eigenvalue weighted by molar-refractivity contribution is 7.82. The molecule has 0 aliphatic rings. The van der Waals surface area contributed by atoms with Crippen LogP contribution in [0.5, 0.6) is 0 Å². The Morgan fingerprint density at radius 2 is 2.08 bits per heavy atom. The molecular formula is C5H10O7S. The Hall–Kier alpha value is -0.700. The van der Waals surface area contributed by atoms with E-state index in [2.05, 4.69) is 8.37 Å². The lowest BCUT2D eigenvalue weighted by Crippen LogP contribution is -2.23. The Morgan fingerprint density at radius 3 is 2.46 bits per heavy atom. The second kappa shape index (κ2) is 5.12. The van der Waals surface area contributed by atoms with E-state index in [4.69, 9.17) is 10.2 Å². The fourth-order valence-electron chi connectivity index (χ4n) is 0.382. The van der Waals surface area contributed by atoms with E-state index >= 15 is 0 Å². The van der Waals surface area contributed by atoms with Gasteiger partial charge >= 0.3 is 16.4 Å². The van der Waals surface area contributed by atoms with Gasteiger partial charge < -0.3 is 14.4 Å². The molecule has 0 aliphatic heterocycles. The van der Waals surface area contributed by atoms with Crippen molar-refractivity contribution in [3.63, 3.8) is 0 Å². The summed E-state index contributed by atoms with van der Waals surface area (Å²) >= 11 is 0. The molecule has 0 aromatic rings. The van der Waals surface area contributed by atoms with E-state index in [0.717, 1.165) is 6.92 Å². The van der Waals surface area contributed by atoms with E-state index in [9.17, 15) is 13.2 Å². The van der Waals surface area contributed by atoms with Crippen LogP contribution in [0.1, 0.15) is 6.92 Å². The summed E-state index contributed by atoms with van der Waals surface area (Å²) in [5.41, 5.74) is 0. The predicted octanol–water partition coefficient (Wildman–Crippen LogP) is -1.84. The van der Waals surface area contributed by atoms with Crippen molar-refractivity contribution in [1.29, 1.82) is 0 Å². The standard InChI is InChI=1S/C5H10O7S/c1-4(7)12-13(9,10)11-3-5(8)2-6/h5-6,8H,2-3H2,1H3. The van der Waals surface area contributed by atoms with Gasteiger partial charge in [-0.15, -0.1) is 0 Å². The minimum absolute atomic E-state index is 0.643. The van der Waals surface area contributed by atoms with Crippen LogP contribution in [0.3, 0.4) is 0 Å². The lowest BCUT2D eigenvalue weighted by molar-refractivity contribution is -0.132. The SMILES string of the molecule is CC(=O)OS(=O)(=O)OCC(O)CO. The van der Waals surface area contributed by atoms with Crippen LogP contribution < -0.4 is 0 Å². The molecule has 7 nitrogen and oxygen atoms in total. The molecule has 0 aromatic carbocycles. The molecule has 78 valence electrons. The molecule has 0 amide bonds. The summed E-state index contributed by atoms with van der Waals surface area (Å²) in [7, 11) is -4.41. The van der Waals surface area contributed by atoms with Gasteiger partial charge in [-0.05, 0) is 0 Å². The number of hydrogen-bond acceptors (Lipinski definition) is 7. The molecule has 8 heteroatoms. The minimum atomic E-state index is -4.41. The zero-order valence-electron chi connectivity index (χ0n) is 6.84. The van der Waals surface area contributed by atoms with Gasteiger partial charge in [-0.2, -0.15) is 8.42 Å². The zero-order chi connectivity index (χ0) is 10.5. The summed E-state index contributed by atoms with van der Waals surface area (Å²) < 4.78 is 29.0. The van der Waals surface area contributed by atoms with Gasteiger partial charge in [-0.25, -0.2) is 4.18 Å². The highest BCUT2D eigenvalue weighted by Gasteiger charge is 2.17. The molecule has 0 bridgehead atoms. The van der Waals surface area contributed by atoms with Crippen molar-refractivity contribution in [2.75, 3.05) is 13.2 Å². The van der Waals surface area contributed by atoms with Crippen molar-refractivity contribution in [1.82, 2.24) is 0 Å². The van der Waals surface area contributed by atoms with Crippen LogP contribution in [0.2, 0.25) is 0 Å². The average Bonchev–Trinajstić information content (AvgIpc) is 1.98. The topological polar surface area (TPSA) is 110 Å². The number of hydrogen-bond donors (Lipinski definition) is 2. The minimum Gasteiger partial charge on any atom is -0.394 e. The molecule has 1 atom stereocenters. The molecule has 0 aromatic heterocycles. The molecule has 0 saturated heterocycles. The quantitative estimate of drug-likeness (QED) is 0.553. The van der Waals surface area contributed by atoms with E-state index in [1.54, 1.807) is 0 Å². The van der Waals surface area contributed by atoms with Crippen LogP contribution in [0.25, 0.3) is 0 Å². The first kappa shape index (κ1) is 12.3. The molecule has 0 radical (unpaired) electrons. The molecule has 0 saturated carbocycles. The van der Waals surface area contributed by atoms with Crippen LogP contribution in [0, 0.1) is 0 Å². The molecule has 0 aliphatic carbocycles. The van der Waals surface area contributed by atoms with E-state index < -0.39 is 35.7 Å². The monoisotopic (exact) mass is 214 g/mol. The fourth-order valence-corrected chi connectivity index (χ4v) is 1.04. The van der Waals surface area contributed by atoms with Crippen molar-refractivity contribution in [2.45, 2.75) is 13.0 Å². The summed E-state index contributed by atoms with van der Waals surface area (Å²) in [5, 5.41) is 17.0. The summed E-state index contributed by atoms with van der Waals surface area (Å²) in [6, 6.07) is 0. The van der Waals surface area contributed by atoms with E-state index in [0.29, 0.717) is 0 Å². The van der Waals surface area contributed by atoms with Gasteiger partial charge in [0.1, 0.15) is 6.10 Å². The second-order valence-electron chi connectivity index (χ2n) is 2.10. The van der Waals surface area contributed by atoms with E-state index in [-0.39, 0.29) is 0 Å². The van der Waals surface area contributed by atoms with Crippen molar-refractivity contribution < 1.29 is 31.8 Å². The van der Waals surface area contributed by atoms with Gasteiger partial charge in [-0.3, -0.25) is 4.79 Å². The van der Waals surface area contributed by atoms with Crippen LogP contribution in [-0.2, 0) is 23.6 Å². The Labute approximate surface area is 75.2 Å². The van der Waals surface area contributed by atoms with Crippen molar-refractivity contribution >= 4 is 16.4 Å². The third-order valence-corrected chi connectivity index (χ3v) is 1.70. The predicted molar refractivity (Wildman–Crippen MR) is 39.7 cm³/mol. The summed E-state index contributed by atoms with van der Waals surface area (Å²) in [6.07, 6.45) is -1.33. The maximum atomic E-state index is 10.6. The van der Waals surface area contributed by atoms with Crippen molar-refractivity contribution in [3.05, 3.63) is 0 Å². The third kappa shape index (κ3) is 6.46. The summed E-state index contributed by atoms with van der Waals surface area (Å²) in [4.78, 5) is 10.2.